The van der Waals surface area contributed by atoms with Crippen LogP contribution >= 0.6 is 11.3 Å². The minimum absolute atomic E-state index is 1.13. The molecule has 0 radical (unpaired) electrons. The summed E-state index contributed by atoms with van der Waals surface area (Å²) in [4.78, 5) is 2.46. The van der Waals surface area contributed by atoms with Crippen molar-refractivity contribution in [2.75, 3.05) is 4.90 Å². The highest BCUT2D eigenvalue weighted by atomic mass is 32.1. The van der Waals surface area contributed by atoms with Gasteiger partial charge in [-0.05, 0) is 76.5 Å². The molecule has 0 saturated heterocycles. The van der Waals surface area contributed by atoms with E-state index in [9.17, 15) is 0 Å². The van der Waals surface area contributed by atoms with Crippen LogP contribution in [0.3, 0.4) is 0 Å². The zero-order chi connectivity index (χ0) is 33.9. The van der Waals surface area contributed by atoms with Gasteiger partial charge in [0.15, 0.2) is 0 Å². The Balaban J connectivity index is 1.13. The third-order valence-corrected chi connectivity index (χ3v) is 12.2. The summed E-state index contributed by atoms with van der Waals surface area (Å²) >= 11 is 1.87. The Hall–Kier alpha value is -6.62. The molecule has 0 fully saturated rings. The summed E-state index contributed by atoms with van der Waals surface area (Å²) in [5.74, 6) is 0. The van der Waals surface area contributed by atoms with Crippen molar-refractivity contribution in [2.24, 2.45) is 0 Å². The highest BCUT2D eigenvalue weighted by molar-refractivity contribution is 7.26. The molecule has 12 aromatic rings. The quantitative estimate of drug-likeness (QED) is 0.180. The fourth-order valence-electron chi connectivity index (χ4n) is 8.81. The van der Waals surface area contributed by atoms with E-state index in [0.29, 0.717) is 0 Å². The monoisotopic (exact) mass is 679 g/mol. The van der Waals surface area contributed by atoms with E-state index in [-0.39, 0.29) is 0 Å². The number of rotatable bonds is 4. The van der Waals surface area contributed by atoms with Crippen LogP contribution in [0.25, 0.3) is 85.9 Å². The SMILES string of the molecule is c1ccc2c(-c3ccc(N(c4ccc5c6c7ccccc7n7c8ccccc8n(c5c4)c67)c4cccc5c4sc4ccccc45)cc3)cccc2c1. The zero-order valence-electron chi connectivity index (χ0n) is 28.0. The third kappa shape index (κ3) is 3.74. The largest absolute Gasteiger partial charge is 0.309 e. The van der Waals surface area contributed by atoms with Gasteiger partial charge in [0.05, 0.1) is 32.5 Å². The second-order valence-electron chi connectivity index (χ2n) is 13.7. The Morgan fingerprint density at radius 2 is 1.04 bits per heavy atom. The maximum absolute atomic E-state index is 2.48. The number of para-hydroxylation sites is 3. The van der Waals surface area contributed by atoms with Gasteiger partial charge in [0.1, 0.15) is 5.65 Å². The van der Waals surface area contributed by atoms with Crippen LogP contribution in [0.4, 0.5) is 17.1 Å². The zero-order valence-corrected chi connectivity index (χ0v) is 28.8. The van der Waals surface area contributed by atoms with Crippen LogP contribution in [0.2, 0.25) is 0 Å². The predicted octanol–water partition coefficient (Wildman–Crippen LogP) is 13.7. The average Bonchev–Trinajstić information content (AvgIpc) is 3.94. The van der Waals surface area contributed by atoms with Crippen molar-refractivity contribution in [3.63, 3.8) is 0 Å². The van der Waals surface area contributed by atoms with Gasteiger partial charge in [-0.25, -0.2) is 0 Å². The van der Waals surface area contributed by atoms with E-state index < -0.39 is 0 Å². The van der Waals surface area contributed by atoms with Crippen molar-refractivity contribution in [3.05, 3.63) is 176 Å². The molecule has 0 atom stereocenters. The van der Waals surface area contributed by atoms with Gasteiger partial charge < -0.3 is 4.90 Å². The standard InChI is InChI=1S/C48H29N3S/c1-2-13-34-30(11-1)12-9-16-35(34)31-23-25-32(26-24-31)49(43-21-10-17-37-36-14-4-8-22-45(36)52-47(37)43)33-27-28-39-44(29-33)51-42-20-7-6-19-41(42)50-40-18-5-3-15-38(40)46(39)48(50)51/h1-29H. The number of thiophene rings is 1. The van der Waals surface area contributed by atoms with E-state index in [1.807, 2.05) is 11.3 Å². The van der Waals surface area contributed by atoms with Crippen LogP contribution in [0.1, 0.15) is 0 Å². The molecule has 12 rings (SSSR count). The van der Waals surface area contributed by atoms with Crippen LogP contribution in [0.5, 0.6) is 0 Å². The van der Waals surface area contributed by atoms with Gasteiger partial charge in [0.2, 0.25) is 0 Å². The second kappa shape index (κ2) is 10.5. The fraction of sp³-hybridized carbons (Fsp3) is 0. The van der Waals surface area contributed by atoms with E-state index >= 15 is 0 Å². The molecule has 0 aliphatic rings. The number of nitrogens with zero attached hydrogens (tertiary/aromatic N) is 3. The maximum Gasteiger partial charge on any atom is 0.131 e. The highest BCUT2D eigenvalue weighted by Gasteiger charge is 2.24. The average molecular weight is 680 g/mol. The smallest absolute Gasteiger partial charge is 0.131 e. The summed E-state index contributed by atoms with van der Waals surface area (Å²) in [5.41, 5.74) is 12.1. The molecular formula is C48H29N3S. The molecule has 4 aromatic heterocycles. The van der Waals surface area contributed by atoms with Gasteiger partial charge >= 0.3 is 0 Å². The Morgan fingerprint density at radius 3 is 1.88 bits per heavy atom. The molecule has 0 aliphatic heterocycles. The van der Waals surface area contributed by atoms with E-state index in [1.165, 1.54) is 91.6 Å². The maximum atomic E-state index is 2.48. The molecule has 0 N–H and O–H groups in total. The summed E-state index contributed by atoms with van der Waals surface area (Å²) in [6.45, 7) is 0. The molecule has 4 heterocycles. The van der Waals surface area contributed by atoms with Crippen LogP contribution in [-0.2, 0) is 0 Å². The minimum Gasteiger partial charge on any atom is -0.309 e. The number of imidazole rings is 1. The Kier molecular flexibility index (Phi) is 5.65. The van der Waals surface area contributed by atoms with Gasteiger partial charge in [0.25, 0.3) is 0 Å². The molecule has 0 unspecified atom stereocenters. The lowest BCUT2D eigenvalue weighted by atomic mass is 9.98. The fourth-order valence-corrected chi connectivity index (χ4v) is 10.0. The number of benzene rings is 8. The summed E-state index contributed by atoms with van der Waals surface area (Å²) in [7, 11) is 0. The molecule has 0 saturated carbocycles. The van der Waals surface area contributed by atoms with E-state index in [4.69, 9.17) is 0 Å². The van der Waals surface area contributed by atoms with E-state index in [0.717, 1.165) is 11.4 Å². The van der Waals surface area contributed by atoms with Crippen LogP contribution < -0.4 is 4.90 Å². The van der Waals surface area contributed by atoms with Gasteiger partial charge in [-0.2, -0.15) is 0 Å². The summed E-state index contributed by atoms with van der Waals surface area (Å²) in [6, 6.07) is 64.6. The Bertz CT molecular complexity index is 3350. The third-order valence-electron chi connectivity index (χ3n) is 11.0. The molecule has 8 aromatic carbocycles. The lowest BCUT2D eigenvalue weighted by Crippen LogP contribution is -2.10. The van der Waals surface area contributed by atoms with E-state index in [1.54, 1.807) is 0 Å². The molecule has 3 nitrogen and oxygen atoms in total. The van der Waals surface area contributed by atoms with Crippen molar-refractivity contribution in [1.29, 1.82) is 0 Å². The molecule has 0 bridgehead atoms. The molecule has 4 heteroatoms. The molecule has 0 spiro atoms. The molecule has 242 valence electrons. The molecule has 52 heavy (non-hydrogen) atoms. The van der Waals surface area contributed by atoms with Crippen LogP contribution in [0, 0.1) is 0 Å². The van der Waals surface area contributed by atoms with Gasteiger partial charge in [0, 0.05) is 43.0 Å². The van der Waals surface area contributed by atoms with Crippen molar-refractivity contribution >= 4 is 103 Å². The van der Waals surface area contributed by atoms with Crippen molar-refractivity contribution in [1.82, 2.24) is 8.80 Å². The second-order valence-corrected chi connectivity index (χ2v) is 14.8. The Labute approximate surface area is 302 Å². The summed E-state index contributed by atoms with van der Waals surface area (Å²) in [6.07, 6.45) is 0. The summed E-state index contributed by atoms with van der Waals surface area (Å²) in [5, 5.41) is 8.99. The van der Waals surface area contributed by atoms with E-state index in [2.05, 4.69) is 190 Å². The van der Waals surface area contributed by atoms with Gasteiger partial charge in [-0.15, -0.1) is 11.3 Å². The number of hydrogen-bond acceptors (Lipinski definition) is 2. The van der Waals surface area contributed by atoms with Gasteiger partial charge in [-0.3, -0.25) is 8.80 Å². The van der Waals surface area contributed by atoms with Crippen LogP contribution in [0.15, 0.2) is 176 Å². The lowest BCUT2D eigenvalue weighted by Gasteiger charge is -2.26. The number of fused-ring (bicyclic) bond motifs is 13. The minimum atomic E-state index is 1.13. The lowest BCUT2D eigenvalue weighted by molar-refractivity contribution is 1.27. The molecule has 0 amide bonds. The first kappa shape index (κ1) is 28.1. The van der Waals surface area contributed by atoms with Crippen LogP contribution in [-0.4, -0.2) is 8.80 Å². The molecular weight excluding hydrogens is 651 g/mol. The normalized spacial score (nSPS) is 12.2. The van der Waals surface area contributed by atoms with Crippen molar-refractivity contribution in [2.45, 2.75) is 0 Å². The van der Waals surface area contributed by atoms with Crippen molar-refractivity contribution < 1.29 is 0 Å². The number of aromatic nitrogens is 2. The van der Waals surface area contributed by atoms with Gasteiger partial charge in [-0.1, -0.05) is 121 Å². The number of anilines is 3. The first-order valence-electron chi connectivity index (χ1n) is 17.8. The van der Waals surface area contributed by atoms with Crippen molar-refractivity contribution in [3.8, 4) is 11.1 Å². The highest BCUT2D eigenvalue weighted by Crippen LogP contribution is 2.47. The molecule has 0 aliphatic carbocycles. The topological polar surface area (TPSA) is 12.1 Å². The first-order chi connectivity index (χ1) is 25.8. The summed E-state index contributed by atoms with van der Waals surface area (Å²) < 4.78 is 7.51. The number of hydrogen-bond donors (Lipinski definition) is 0. The first-order valence-corrected chi connectivity index (χ1v) is 18.6. The Morgan fingerprint density at radius 1 is 0.423 bits per heavy atom. The predicted molar refractivity (Wildman–Crippen MR) is 223 cm³/mol.